The Bertz CT molecular complexity index is 647. The van der Waals surface area contributed by atoms with E-state index in [1.54, 1.807) is 0 Å². The third-order valence-corrected chi connectivity index (χ3v) is 4.92. The molecule has 2 heteroatoms. The number of hydrogen-bond donors (Lipinski definition) is 0. The lowest BCUT2D eigenvalue weighted by molar-refractivity contribution is 0.504. The third-order valence-electron chi connectivity index (χ3n) is 4.92. The second kappa shape index (κ2) is 8.14. The summed E-state index contributed by atoms with van der Waals surface area (Å²) in [6, 6.07) is 13.0. The first-order valence-corrected chi connectivity index (χ1v) is 8.99. The van der Waals surface area contributed by atoms with Crippen molar-refractivity contribution in [3.05, 3.63) is 59.4 Å². The smallest absolute Gasteiger partial charge is 0.0630 e. The molecule has 0 aliphatic heterocycles. The van der Waals surface area contributed by atoms with Crippen molar-refractivity contribution in [3.8, 4) is 0 Å². The molecule has 1 aromatic heterocycles. The number of aromatic nitrogens is 1. The number of hydrogen-bond acceptors (Lipinski definition) is 2. The summed E-state index contributed by atoms with van der Waals surface area (Å²) in [5.41, 5.74) is 4.96. The fourth-order valence-electron chi connectivity index (χ4n) is 2.67. The largest absolute Gasteiger partial charge is 0.372 e. The Morgan fingerprint density at radius 3 is 2.08 bits per heavy atom. The molecule has 0 fully saturated rings. The lowest BCUT2D eigenvalue weighted by Gasteiger charge is -2.22. The highest BCUT2D eigenvalue weighted by molar-refractivity contribution is 5.69. The van der Waals surface area contributed by atoms with Gasteiger partial charge in [0.25, 0.3) is 0 Å². The Kier molecular flexibility index (Phi) is 6.19. The van der Waals surface area contributed by atoms with Crippen LogP contribution >= 0.6 is 0 Å². The lowest BCUT2D eigenvalue weighted by atomic mass is 9.83. The van der Waals surface area contributed by atoms with Gasteiger partial charge in [-0.3, -0.25) is 4.98 Å². The molecule has 0 spiro atoms. The highest BCUT2D eigenvalue weighted by Gasteiger charge is 2.17. The summed E-state index contributed by atoms with van der Waals surface area (Å²) in [5.74, 6) is 0. The zero-order valence-corrected chi connectivity index (χ0v) is 15.7. The molecule has 0 radical (unpaired) electrons. The number of nitrogens with zero attached hydrogens (tertiary/aromatic N) is 2. The molecule has 0 bridgehead atoms. The fourth-order valence-corrected chi connectivity index (χ4v) is 2.67. The van der Waals surface area contributed by atoms with E-state index in [0.29, 0.717) is 0 Å². The van der Waals surface area contributed by atoms with Crippen molar-refractivity contribution < 1.29 is 0 Å². The van der Waals surface area contributed by atoms with Gasteiger partial charge in [0, 0.05) is 25.0 Å². The van der Waals surface area contributed by atoms with Gasteiger partial charge in [0.15, 0.2) is 0 Å². The van der Waals surface area contributed by atoms with Gasteiger partial charge in [0.2, 0.25) is 0 Å². The molecule has 0 N–H and O–H groups in total. The topological polar surface area (TPSA) is 16.1 Å². The average Bonchev–Trinajstić information content (AvgIpc) is 2.62. The Morgan fingerprint density at radius 1 is 0.917 bits per heavy atom. The minimum atomic E-state index is 0.190. The van der Waals surface area contributed by atoms with Crippen LogP contribution in [0.5, 0.6) is 0 Å². The maximum atomic E-state index is 4.59. The maximum absolute atomic E-state index is 4.59. The van der Waals surface area contributed by atoms with Crippen LogP contribution in [0.3, 0.4) is 0 Å². The number of rotatable bonds is 7. The van der Waals surface area contributed by atoms with Crippen LogP contribution in [0, 0.1) is 0 Å². The predicted octanol–water partition coefficient (Wildman–Crippen LogP) is 5.79. The maximum Gasteiger partial charge on any atom is 0.0630 e. The molecular weight excluding hydrogens is 292 g/mol. The Morgan fingerprint density at radius 2 is 1.58 bits per heavy atom. The van der Waals surface area contributed by atoms with E-state index >= 15 is 0 Å². The molecule has 0 unspecified atom stereocenters. The standard InChI is InChI=1S/C22H30N2/c1-6-22(4,5)19-12-14-20(23-17-19)13-9-18-10-15-21(16-11-18)24(7-2)8-3/h9-17H,6-8H2,1-5H3/b13-9+. The molecule has 24 heavy (non-hydrogen) atoms. The van der Waals surface area contributed by atoms with Crippen LogP contribution in [0.15, 0.2) is 42.6 Å². The third kappa shape index (κ3) is 4.47. The molecule has 2 aromatic rings. The number of benzene rings is 1. The van der Waals surface area contributed by atoms with Crippen LogP contribution in [-0.4, -0.2) is 18.1 Å². The van der Waals surface area contributed by atoms with Gasteiger partial charge in [-0.1, -0.05) is 45.0 Å². The summed E-state index contributed by atoms with van der Waals surface area (Å²) < 4.78 is 0. The summed E-state index contributed by atoms with van der Waals surface area (Å²) in [6.07, 6.45) is 7.32. The summed E-state index contributed by atoms with van der Waals surface area (Å²) in [6.45, 7) is 13.2. The van der Waals surface area contributed by atoms with Gasteiger partial charge < -0.3 is 4.90 Å². The van der Waals surface area contributed by atoms with E-state index in [1.165, 1.54) is 16.8 Å². The molecule has 1 aromatic carbocycles. The van der Waals surface area contributed by atoms with Gasteiger partial charge >= 0.3 is 0 Å². The first kappa shape index (κ1) is 18.3. The van der Waals surface area contributed by atoms with Crippen LogP contribution in [0.4, 0.5) is 5.69 Å². The van der Waals surface area contributed by atoms with Gasteiger partial charge in [-0.05, 0) is 61.1 Å². The molecule has 0 saturated carbocycles. The molecule has 128 valence electrons. The van der Waals surface area contributed by atoms with Gasteiger partial charge in [-0.2, -0.15) is 0 Å². The van der Waals surface area contributed by atoms with Crippen molar-refractivity contribution >= 4 is 17.8 Å². The second-order valence-electron chi connectivity index (χ2n) is 6.81. The average molecular weight is 322 g/mol. The van der Waals surface area contributed by atoms with E-state index in [0.717, 1.165) is 25.2 Å². The normalized spacial score (nSPS) is 11.9. The quantitative estimate of drug-likeness (QED) is 0.642. The molecular formula is C22H30N2. The van der Waals surface area contributed by atoms with Crippen LogP contribution in [0.1, 0.15) is 57.9 Å². The van der Waals surface area contributed by atoms with E-state index in [2.05, 4.69) is 93.1 Å². The van der Waals surface area contributed by atoms with E-state index in [-0.39, 0.29) is 5.41 Å². The van der Waals surface area contributed by atoms with Crippen molar-refractivity contribution in [1.82, 2.24) is 4.98 Å². The van der Waals surface area contributed by atoms with Gasteiger partial charge in [0.1, 0.15) is 0 Å². The number of pyridine rings is 1. The van der Waals surface area contributed by atoms with Crippen LogP contribution in [0.25, 0.3) is 12.2 Å². The zero-order chi connectivity index (χ0) is 17.6. The lowest BCUT2D eigenvalue weighted by Crippen LogP contribution is -2.21. The molecule has 1 heterocycles. The van der Waals surface area contributed by atoms with Crippen molar-refractivity contribution in [2.24, 2.45) is 0 Å². The molecule has 2 nitrogen and oxygen atoms in total. The highest BCUT2D eigenvalue weighted by Crippen LogP contribution is 2.26. The molecule has 2 rings (SSSR count). The van der Waals surface area contributed by atoms with Gasteiger partial charge in [-0.25, -0.2) is 0 Å². The summed E-state index contributed by atoms with van der Waals surface area (Å²) in [7, 11) is 0. The fraction of sp³-hybridized carbons (Fsp3) is 0.409. The predicted molar refractivity (Wildman–Crippen MR) is 106 cm³/mol. The minimum Gasteiger partial charge on any atom is -0.372 e. The first-order chi connectivity index (χ1) is 11.5. The van der Waals surface area contributed by atoms with E-state index in [9.17, 15) is 0 Å². The van der Waals surface area contributed by atoms with E-state index < -0.39 is 0 Å². The Hall–Kier alpha value is -2.09. The Labute approximate surface area is 147 Å². The second-order valence-corrected chi connectivity index (χ2v) is 6.81. The molecule has 0 atom stereocenters. The minimum absolute atomic E-state index is 0.190. The molecule has 0 aliphatic carbocycles. The van der Waals surface area contributed by atoms with Crippen LogP contribution < -0.4 is 4.90 Å². The Balaban J connectivity index is 2.08. The summed E-state index contributed by atoms with van der Waals surface area (Å²) >= 11 is 0. The summed E-state index contributed by atoms with van der Waals surface area (Å²) in [5, 5.41) is 0. The molecule has 0 amide bonds. The highest BCUT2D eigenvalue weighted by atomic mass is 15.1. The van der Waals surface area contributed by atoms with Gasteiger partial charge in [-0.15, -0.1) is 0 Å². The van der Waals surface area contributed by atoms with Crippen molar-refractivity contribution in [2.45, 2.75) is 46.5 Å². The van der Waals surface area contributed by atoms with Crippen molar-refractivity contribution in [3.63, 3.8) is 0 Å². The number of anilines is 1. The SMILES string of the molecule is CCN(CC)c1ccc(/C=C/c2ccc(C(C)(C)CC)cn2)cc1. The van der Waals surface area contributed by atoms with Crippen LogP contribution in [-0.2, 0) is 5.41 Å². The zero-order valence-electron chi connectivity index (χ0n) is 15.7. The summed E-state index contributed by atoms with van der Waals surface area (Å²) in [4.78, 5) is 6.94. The van der Waals surface area contributed by atoms with Crippen LogP contribution in [0.2, 0.25) is 0 Å². The molecule has 0 aliphatic rings. The van der Waals surface area contributed by atoms with E-state index in [4.69, 9.17) is 0 Å². The van der Waals surface area contributed by atoms with Gasteiger partial charge in [0.05, 0.1) is 5.69 Å². The first-order valence-electron chi connectivity index (χ1n) is 8.99. The van der Waals surface area contributed by atoms with E-state index in [1.807, 2.05) is 6.20 Å². The van der Waals surface area contributed by atoms with Crippen molar-refractivity contribution in [2.75, 3.05) is 18.0 Å². The monoisotopic (exact) mass is 322 g/mol. The van der Waals surface area contributed by atoms with Crippen molar-refractivity contribution in [1.29, 1.82) is 0 Å². The molecule has 0 saturated heterocycles.